The summed E-state index contributed by atoms with van der Waals surface area (Å²) in [5, 5.41) is 13.6. The summed E-state index contributed by atoms with van der Waals surface area (Å²) in [4.78, 5) is 0. The molecule has 0 bridgehead atoms. The van der Waals surface area contributed by atoms with Gasteiger partial charge in [-0.15, -0.1) is 0 Å². The van der Waals surface area contributed by atoms with Gasteiger partial charge in [0.1, 0.15) is 5.82 Å². The van der Waals surface area contributed by atoms with E-state index in [1.165, 1.54) is 12.1 Å². The number of halogens is 1. The summed E-state index contributed by atoms with van der Waals surface area (Å²) >= 11 is 0. The Hall–Kier alpha value is -0.930. The van der Waals surface area contributed by atoms with Crippen molar-refractivity contribution in [1.82, 2.24) is 5.32 Å². The zero-order valence-corrected chi connectivity index (χ0v) is 9.70. The standard InChI is InChI=1S/C13H18FNO/c1-13(2)8-7-11(15-13)12(16)9-3-5-10(14)6-4-9/h3-6,11-12,15-16H,7-8H2,1-2H3/t11-,12-/m1/s1. The molecule has 1 aliphatic heterocycles. The van der Waals surface area contributed by atoms with E-state index in [-0.39, 0.29) is 17.4 Å². The molecule has 2 nitrogen and oxygen atoms in total. The van der Waals surface area contributed by atoms with Crippen LogP contribution in [-0.2, 0) is 0 Å². The molecule has 2 N–H and O–H groups in total. The second-order valence-electron chi connectivity index (χ2n) is 5.17. The molecule has 16 heavy (non-hydrogen) atoms. The fraction of sp³-hybridized carbons (Fsp3) is 0.538. The van der Waals surface area contributed by atoms with Gasteiger partial charge in [-0.3, -0.25) is 0 Å². The lowest BCUT2D eigenvalue weighted by Gasteiger charge is -2.23. The summed E-state index contributed by atoms with van der Waals surface area (Å²) in [5.74, 6) is -0.268. The van der Waals surface area contributed by atoms with Gasteiger partial charge in [0.05, 0.1) is 6.10 Å². The van der Waals surface area contributed by atoms with E-state index in [4.69, 9.17) is 0 Å². The van der Waals surface area contributed by atoms with Gasteiger partial charge in [-0.1, -0.05) is 12.1 Å². The molecular weight excluding hydrogens is 205 g/mol. The summed E-state index contributed by atoms with van der Waals surface area (Å²) in [5.41, 5.74) is 0.864. The van der Waals surface area contributed by atoms with Crippen LogP contribution in [0.3, 0.4) is 0 Å². The van der Waals surface area contributed by atoms with Crippen molar-refractivity contribution in [3.05, 3.63) is 35.6 Å². The fourth-order valence-corrected chi connectivity index (χ4v) is 2.29. The van der Waals surface area contributed by atoms with Crippen molar-refractivity contribution in [1.29, 1.82) is 0 Å². The molecule has 0 aliphatic carbocycles. The first-order chi connectivity index (χ1) is 7.48. The predicted molar refractivity (Wildman–Crippen MR) is 61.6 cm³/mol. The molecule has 1 aliphatic rings. The average Bonchev–Trinajstić information content (AvgIpc) is 2.59. The van der Waals surface area contributed by atoms with Gasteiger partial charge in [0.2, 0.25) is 0 Å². The Bertz CT molecular complexity index is 361. The van der Waals surface area contributed by atoms with Crippen molar-refractivity contribution >= 4 is 0 Å². The zero-order chi connectivity index (χ0) is 11.8. The maximum absolute atomic E-state index is 12.8. The predicted octanol–water partition coefficient (Wildman–Crippen LogP) is 2.39. The molecule has 3 heteroatoms. The lowest BCUT2D eigenvalue weighted by atomic mass is 10.0. The molecule has 2 atom stereocenters. The van der Waals surface area contributed by atoms with Crippen LogP contribution in [0.25, 0.3) is 0 Å². The molecular formula is C13H18FNO. The van der Waals surface area contributed by atoms with Crippen LogP contribution < -0.4 is 5.32 Å². The molecule has 0 radical (unpaired) electrons. The van der Waals surface area contributed by atoms with Crippen molar-refractivity contribution in [2.45, 2.75) is 44.4 Å². The minimum Gasteiger partial charge on any atom is -0.387 e. The smallest absolute Gasteiger partial charge is 0.123 e. The van der Waals surface area contributed by atoms with Crippen LogP contribution in [0, 0.1) is 5.82 Å². The number of hydrogen-bond acceptors (Lipinski definition) is 2. The van der Waals surface area contributed by atoms with Crippen molar-refractivity contribution in [3.63, 3.8) is 0 Å². The number of benzene rings is 1. The van der Waals surface area contributed by atoms with Crippen LogP contribution >= 0.6 is 0 Å². The number of aliphatic hydroxyl groups is 1. The van der Waals surface area contributed by atoms with Gasteiger partial charge in [0.15, 0.2) is 0 Å². The van der Waals surface area contributed by atoms with Gasteiger partial charge in [0.25, 0.3) is 0 Å². The number of hydrogen-bond donors (Lipinski definition) is 2. The Kier molecular flexibility index (Phi) is 3.00. The molecule has 88 valence electrons. The summed E-state index contributed by atoms with van der Waals surface area (Å²) in [7, 11) is 0. The molecule has 0 unspecified atom stereocenters. The molecule has 1 fully saturated rings. The molecule has 2 rings (SSSR count). The van der Waals surface area contributed by atoms with E-state index in [0.717, 1.165) is 18.4 Å². The van der Waals surface area contributed by atoms with Crippen LogP contribution in [0.4, 0.5) is 4.39 Å². The quantitative estimate of drug-likeness (QED) is 0.807. The Morgan fingerprint density at radius 1 is 1.38 bits per heavy atom. The highest BCUT2D eigenvalue weighted by atomic mass is 19.1. The molecule has 0 spiro atoms. The Balaban J connectivity index is 2.08. The number of nitrogens with one attached hydrogen (secondary N) is 1. The molecule has 1 aromatic rings. The van der Waals surface area contributed by atoms with Gasteiger partial charge in [0, 0.05) is 11.6 Å². The lowest BCUT2D eigenvalue weighted by molar-refractivity contribution is 0.131. The topological polar surface area (TPSA) is 32.3 Å². The van der Waals surface area contributed by atoms with Crippen molar-refractivity contribution < 1.29 is 9.50 Å². The molecule has 1 saturated heterocycles. The highest BCUT2D eigenvalue weighted by Gasteiger charge is 2.34. The summed E-state index contributed by atoms with van der Waals surface area (Å²) in [6.07, 6.45) is 1.45. The van der Waals surface area contributed by atoms with Crippen LogP contribution in [0.2, 0.25) is 0 Å². The summed E-state index contributed by atoms with van der Waals surface area (Å²) < 4.78 is 12.8. The molecule has 0 amide bonds. The van der Waals surface area contributed by atoms with Crippen LogP contribution in [-0.4, -0.2) is 16.7 Å². The molecule has 1 heterocycles. The van der Waals surface area contributed by atoms with Crippen molar-refractivity contribution in [2.75, 3.05) is 0 Å². The van der Waals surface area contributed by atoms with E-state index < -0.39 is 6.10 Å². The van der Waals surface area contributed by atoms with Crippen LogP contribution in [0.1, 0.15) is 38.4 Å². The van der Waals surface area contributed by atoms with E-state index in [0.29, 0.717) is 0 Å². The maximum atomic E-state index is 12.8. The van der Waals surface area contributed by atoms with Gasteiger partial charge < -0.3 is 10.4 Å². The average molecular weight is 223 g/mol. The van der Waals surface area contributed by atoms with E-state index in [2.05, 4.69) is 19.2 Å². The van der Waals surface area contributed by atoms with Crippen LogP contribution in [0.5, 0.6) is 0 Å². The Morgan fingerprint density at radius 3 is 2.50 bits per heavy atom. The highest BCUT2D eigenvalue weighted by molar-refractivity contribution is 5.20. The highest BCUT2D eigenvalue weighted by Crippen LogP contribution is 2.30. The first-order valence-electron chi connectivity index (χ1n) is 5.69. The SMILES string of the molecule is CC1(C)CC[C@H]([C@H](O)c2ccc(F)cc2)N1. The van der Waals surface area contributed by atoms with Crippen molar-refractivity contribution in [3.8, 4) is 0 Å². The largest absolute Gasteiger partial charge is 0.387 e. The minimum absolute atomic E-state index is 0.0699. The Labute approximate surface area is 95.5 Å². The van der Waals surface area contributed by atoms with Gasteiger partial charge >= 0.3 is 0 Å². The molecule has 1 aromatic carbocycles. The van der Waals surface area contributed by atoms with E-state index in [1.807, 2.05) is 0 Å². The minimum atomic E-state index is -0.553. The first-order valence-corrected chi connectivity index (χ1v) is 5.69. The van der Waals surface area contributed by atoms with Crippen LogP contribution in [0.15, 0.2) is 24.3 Å². The third kappa shape index (κ3) is 2.42. The summed E-state index contributed by atoms with van der Waals surface area (Å²) in [6.45, 7) is 4.26. The second kappa shape index (κ2) is 4.15. The number of aliphatic hydroxyl groups excluding tert-OH is 1. The van der Waals surface area contributed by atoms with Gasteiger partial charge in [-0.25, -0.2) is 4.39 Å². The first kappa shape index (κ1) is 11.6. The van der Waals surface area contributed by atoms with Gasteiger partial charge in [-0.2, -0.15) is 0 Å². The monoisotopic (exact) mass is 223 g/mol. The molecule has 0 aromatic heterocycles. The third-order valence-electron chi connectivity index (χ3n) is 3.25. The van der Waals surface area contributed by atoms with E-state index in [9.17, 15) is 9.50 Å². The maximum Gasteiger partial charge on any atom is 0.123 e. The fourth-order valence-electron chi connectivity index (χ4n) is 2.29. The third-order valence-corrected chi connectivity index (χ3v) is 3.25. The lowest BCUT2D eigenvalue weighted by Crippen LogP contribution is -2.40. The summed E-state index contributed by atoms with van der Waals surface area (Å²) in [6, 6.07) is 6.14. The zero-order valence-electron chi connectivity index (χ0n) is 9.70. The van der Waals surface area contributed by atoms with Crippen molar-refractivity contribution in [2.24, 2.45) is 0 Å². The normalized spacial score (nSPS) is 25.6. The Morgan fingerprint density at radius 2 is 2.00 bits per heavy atom. The van der Waals surface area contributed by atoms with Gasteiger partial charge in [-0.05, 0) is 44.4 Å². The van der Waals surface area contributed by atoms with E-state index >= 15 is 0 Å². The second-order valence-corrected chi connectivity index (χ2v) is 5.17. The molecule has 0 saturated carbocycles. The number of rotatable bonds is 2. The van der Waals surface area contributed by atoms with E-state index in [1.54, 1.807) is 12.1 Å².